The van der Waals surface area contributed by atoms with E-state index in [4.69, 9.17) is 5.73 Å². The first-order valence-corrected chi connectivity index (χ1v) is 6.16. The maximum Gasteiger partial charge on any atom is 0.253 e. The Hall–Kier alpha value is -2.36. The maximum absolute atomic E-state index is 12.2. The number of nitrogen functional groups attached to an aromatic ring is 1. The van der Waals surface area contributed by atoms with Gasteiger partial charge in [-0.25, -0.2) is 0 Å². The highest BCUT2D eigenvalue weighted by atomic mass is 16.1. The zero-order chi connectivity index (χ0) is 13.8. The lowest BCUT2D eigenvalue weighted by atomic mass is 10.1. The SMILES string of the molecule is Cc1ccc(N)c(C(=O)NC(C)c2ccccn2)c1. The van der Waals surface area contributed by atoms with Crippen LogP contribution in [0.2, 0.25) is 0 Å². The van der Waals surface area contributed by atoms with Crippen LogP contribution in [0.15, 0.2) is 42.6 Å². The number of nitrogens with two attached hydrogens (primary N) is 1. The Morgan fingerprint density at radius 3 is 2.79 bits per heavy atom. The van der Waals surface area contributed by atoms with Crippen LogP contribution in [-0.4, -0.2) is 10.9 Å². The summed E-state index contributed by atoms with van der Waals surface area (Å²) in [5, 5.41) is 2.90. The molecule has 19 heavy (non-hydrogen) atoms. The summed E-state index contributed by atoms with van der Waals surface area (Å²) in [5.41, 5.74) is 8.64. The van der Waals surface area contributed by atoms with Gasteiger partial charge in [-0.2, -0.15) is 0 Å². The lowest BCUT2D eigenvalue weighted by Crippen LogP contribution is -2.27. The summed E-state index contributed by atoms with van der Waals surface area (Å²) in [6, 6.07) is 10.9. The Kier molecular flexibility index (Phi) is 3.80. The molecule has 0 aliphatic heterocycles. The van der Waals surface area contributed by atoms with Crippen LogP contribution in [0.3, 0.4) is 0 Å². The van der Waals surface area contributed by atoms with Gasteiger partial charge in [-0.15, -0.1) is 0 Å². The smallest absolute Gasteiger partial charge is 0.253 e. The fourth-order valence-electron chi connectivity index (χ4n) is 1.85. The van der Waals surface area contributed by atoms with Crippen LogP contribution in [-0.2, 0) is 0 Å². The fourth-order valence-corrected chi connectivity index (χ4v) is 1.85. The van der Waals surface area contributed by atoms with Crippen LogP contribution >= 0.6 is 0 Å². The number of hydrogen-bond donors (Lipinski definition) is 2. The van der Waals surface area contributed by atoms with E-state index in [9.17, 15) is 4.79 Å². The number of benzene rings is 1. The normalized spacial score (nSPS) is 11.9. The molecule has 0 radical (unpaired) electrons. The number of nitrogens with zero attached hydrogens (tertiary/aromatic N) is 1. The van der Waals surface area contributed by atoms with Crippen LogP contribution in [0.1, 0.15) is 34.6 Å². The van der Waals surface area contributed by atoms with Crippen molar-refractivity contribution in [2.45, 2.75) is 19.9 Å². The van der Waals surface area contributed by atoms with Crippen LogP contribution in [0.25, 0.3) is 0 Å². The highest BCUT2D eigenvalue weighted by molar-refractivity contribution is 5.99. The summed E-state index contributed by atoms with van der Waals surface area (Å²) in [6.45, 7) is 3.82. The van der Waals surface area contributed by atoms with E-state index in [1.165, 1.54) is 0 Å². The van der Waals surface area contributed by atoms with E-state index in [1.54, 1.807) is 18.3 Å². The van der Waals surface area contributed by atoms with Crippen molar-refractivity contribution in [2.75, 3.05) is 5.73 Å². The second-order valence-electron chi connectivity index (χ2n) is 4.54. The third-order valence-electron chi connectivity index (χ3n) is 2.93. The monoisotopic (exact) mass is 255 g/mol. The molecule has 4 heteroatoms. The van der Waals surface area contributed by atoms with Gasteiger partial charge in [0.15, 0.2) is 0 Å². The first kappa shape index (κ1) is 13.1. The third-order valence-corrected chi connectivity index (χ3v) is 2.93. The molecule has 0 saturated carbocycles. The average molecular weight is 255 g/mol. The van der Waals surface area contributed by atoms with Gasteiger partial charge in [0.2, 0.25) is 0 Å². The standard InChI is InChI=1S/C15H17N3O/c1-10-6-7-13(16)12(9-10)15(19)18-11(2)14-5-3-4-8-17-14/h3-9,11H,16H2,1-2H3,(H,18,19). The van der Waals surface area contributed by atoms with Crippen LogP contribution in [0, 0.1) is 6.92 Å². The first-order chi connectivity index (χ1) is 9.08. The molecule has 4 nitrogen and oxygen atoms in total. The summed E-state index contributed by atoms with van der Waals surface area (Å²) in [4.78, 5) is 16.4. The third kappa shape index (κ3) is 3.10. The molecule has 3 N–H and O–H groups in total. The van der Waals surface area contributed by atoms with Gasteiger partial charge >= 0.3 is 0 Å². The second-order valence-corrected chi connectivity index (χ2v) is 4.54. The Morgan fingerprint density at radius 2 is 2.11 bits per heavy atom. The van der Waals surface area contributed by atoms with Gasteiger partial charge in [0.25, 0.3) is 5.91 Å². The summed E-state index contributed by atoms with van der Waals surface area (Å²) < 4.78 is 0. The maximum atomic E-state index is 12.2. The van der Waals surface area contributed by atoms with Gasteiger partial charge in [-0.1, -0.05) is 17.7 Å². The minimum absolute atomic E-state index is 0.159. The molecule has 1 aromatic heterocycles. The Bertz CT molecular complexity index is 581. The number of amides is 1. The van der Waals surface area contributed by atoms with E-state index in [0.29, 0.717) is 11.3 Å². The molecule has 2 rings (SSSR count). The number of hydrogen-bond acceptors (Lipinski definition) is 3. The van der Waals surface area contributed by atoms with Gasteiger partial charge in [0.1, 0.15) is 0 Å². The molecule has 1 heterocycles. The first-order valence-electron chi connectivity index (χ1n) is 6.16. The highest BCUT2D eigenvalue weighted by Gasteiger charge is 2.14. The van der Waals surface area contributed by atoms with Gasteiger partial charge in [-0.05, 0) is 38.1 Å². The van der Waals surface area contributed by atoms with Gasteiger partial charge in [0.05, 0.1) is 17.3 Å². The topological polar surface area (TPSA) is 68.0 Å². The number of pyridine rings is 1. The summed E-state index contributed by atoms with van der Waals surface area (Å²) >= 11 is 0. The summed E-state index contributed by atoms with van der Waals surface area (Å²) in [7, 11) is 0. The molecular formula is C15H17N3O. The number of carbonyl (C=O) groups excluding carboxylic acids is 1. The number of aryl methyl sites for hydroxylation is 1. The van der Waals surface area contributed by atoms with Crippen molar-refractivity contribution in [1.82, 2.24) is 10.3 Å². The second kappa shape index (κ2) is 5.52. The van der Waals surface area contributed by atoms with E-state index in [1.807, 2.05) is 38.1 Å². The molecule has 1 amide bonds. The Labute approximate surface area is 112 Å². The minimum Gasteiger partial charge on any atom is -0.398 e. The van der Waals surface area contributed by atoms with Gasteiger partial charge in [0, 0.05) is 11.9 Å². The van der Waals surface area contributed by atoms with Crippen molar-refractivity contribution >= 4 is 11.6 Å². The van der Waals surface area contributed by atoms with E-state index in [2.05, 4.69) is 10.3 Å². The zero-order valence-corrected chi connectivity index (χ0v) is 11.1. The predicted octanol–water partition coefficient (Wildman–Crippen LogP) is 2.46. The van der Waals surface area contributed by atoms with E-state index >= 15 is 0 Å². The van der Waals surface area contributed by atoms with Gasteiger partial charge in [-0.3, -0.25) is 9.78 Å². The average Bonchev–Trinajstić information content (AvgIpc) is 2.42. The molecule has 0 aliphatic rings. The molecule has 0 saturated heterocycles. The van der Waals surface area contributed by atoms with Crippen molar-refractivity contribution < 1.29 is 4.79 Å². The number of nitrogens with one attached hydrogen (secondary N) is 1. The van der Waals surface area contributed by atoms with Crippen LogP contribution in [0.5, 0.6) is 0 Å². The predicted molar refractivity (Wildman–Crippen MR) is 75.7 cm³/mol. The van der Waals surface area contributed by atoms with Crippen LogP contribution < -0.4 is 11.1 Å². The Balaban J connectivity index is 2.15. The molecule has 0 spiro atoms. The van der Waals surface area contributed by atoms with E-state index in [0.717, 1.165) is 11.3 Å². The van der Waals surface area contributed by atoms with Crippen molar-refractivity contribution in [3.8, 4) is 0 Å². The molecular weight excluding hydrogens is 238 g/mol. The molecule has 0 fully saturated rings. The minimum atomic E-state index is -0.181. The molecule has 1 atom stereocenters. The molecule has 2 aromatic rings. The van der Waals surface area contributed by atoms with E-state index < -0.39 is 0 Å². The number of rotatable bonds is 3. The molecule has 0 aliphatic carbocycles. The summed E-state index contributed by atoms with van der Waals surface area (Å²) in [5.74, 6) is -0.181. The van der Waals surface area contributed by atoms with Crippen molar-refractivity contribution in [2.24, 2.45) is 0 Å². The lowest BCUT2D eigenvalue weighted by Gasteiger charge is -2.14. The van der Waals surface area contributed by atoms with E-state index in [-0.39, 0.29) is 11.9 Å². The quantitative estimate of drug-likeness (QED) is 0.828. The summed E-state index contributed by atoms with van der Waals surface area (Å²) in [6.07, 6.45) is 1.71. The molecule has 1 unspecified atom stereocenters. The highest BCUT2D eigenvalue weighted by Crippen LogP contribution is 2.16. The fraction of sp³-hybridized carbons (Fsp3) is 0.200. The number of carbonyl (C=O) groups is 1. The van der Waals surface area contributed by atoms with Crippen molar-refractivity contribution in [1.29, 1.82) is 0 Å². The number of anilines is 1. The number of aromatic nitrogens is 1. The largest absolute Gasteiger partial charge is 0.398 e. The van der Waals surface area contributed by atoms with Crippen molar-refractivity contribution in [3.63, 3.8) is 0 Å². The molecule has 0 bridgehead atoms. The molecule has 1 aromatic carbocycles. The molecule has 98 valence electrons. The lowest BCUT2D eigenvalue weighted by molar-refractivity contribution is 0.0940. The van der Waals surface area contributed by atoms with Gasteiger partial charge < -0.3 is 11.1 Å². The zero-order valence-electron chi connectivity index (χ0n) is 11.1. The van der Waals surface area contributed by atoms with Crippen molar-refractivity contribution in [3.05, 3.63) is 59.4 Å². The Morgan fingerprint density at radius 1 is 1.32 bits per heavy atom. The van der Waals surface area contributed by atoms with Crippen LogP contribution in [0.4, 0.5) is 5.69 Å².